The van der Waals surface area contributed by atoms with Crippen molar-refractivity contribution in [2.24, 2.45) is 4.99 Å². The van der Waals surface area contributed by atoms with Crippen LogP contribution >= 0.6 is 24.0 Å². The maximum Gasteiger partial charge on any atom is 0.191 e. The van der Waals surface area contributed by atoms with Gasteiger partial charge in [-0.1, -0.05) is 12.8 Å². The third-order valence-electron chi connectivity index (χ3n) is 4.42. The van der Waals surface area contributed by atoms with E-state index in [0.29, 0.717) is 0 Å². The Kier molecular flexibility index (Phi) is 11.1. The molecule has 7 heteroatoms. The highest BCUT2D eigenvalue weighted by Crippen LogP contribution is 2.21. The van der Waals surface area contributed by atoms with Crippen LogP contribution in [0.3, 0.4) is 0 Å². The standard InChI is InChI=1S/C17H32N6.HI/c1-3-18-17(19-10-6-13-23-14-7-11-21-23)20-12-15-22(2)16-8-4-5-9-16;/h7,11,14,16H,3-6,8-10,12-13,15H2,1-2H3,(H2,18,19,20);1H. The minimum Gasteiger partial charge on any atom is -0.357 e. The van der Waals surface area contributed by atoms with E-state index >= 15 is 0 Å². The summed E-state index contributed by atoms with van der Waals surface area (Å²) in [6.07, 6.45) is 10.3. The highest BCUT2D eigenvalue weighted by molar-refractivity contribution is 14.0. The van der Waals surface area contributed by atoms with E-state index in [1.165, 1.54) is 25.7 Å². The first-order valence-electron chi connectivity index (χ1n) is 8.99. The number of nitrogens with zero attached hydrogens (tertiary/aromatic N) is 4. The fourth-order valence-electron chi connectivity index (χ4n) is 3.08. The molecule has 0 radical (unpaired) electrons. The van der Waals surface area contributed by atoms with Crippen LogP contribution in [0.2, 0.25) is 0 Å². The smallest absolute Gasteiger partial charge is 0.191 e. The maximum atomic E-state index is 4.64. The van der Waals surface area contributed by atoms with E-state index in [0.717, 1.165) is 51.1 Å². The van der Waals surface area contributed by atoms with Gasteiger partial charge in [0.1, 0.15) is 0 Å². The van der Waals surface area contributed by atoms with Gasteiger partial charge in [-0.2, -0.15) is 5.10 Å². The fraction of sp³-hybridized carbons (Fsp3) is 0.765. The first-order valence-corrected chi connectivity index (χ1v) is 8.99. The molecule has 0 aliphatic heterocycles. The summed E-state index contributed by atoms with van der Waals surface area (Å²) in [4.78, 5) is 7.13. The first-order chi connectivity index (χ1) is 11.3. The van der Waals surface area contributed by atoms with Crippen LogP contribution < -0.4 is 10.6 Å². The lowest BCUT2D eigenvalue weighted by molar-refractivity contribution is 0.249. The molecule has 1 fully saturated rings. The van der Waals surface area contributed by atoms with Crippen molar-refractivity contribution >= 4 is 29.9 Å². The molecule has 2 N–H and O–H groups in total. The molecule has 0 bridgehead atoms. The number of rotatable bonds is 9. The third kappa shape index (κ3) is 7.83. The molecule has 1 aliphatic carbocycles. The van der Waals surface area contributed by atoms with Crippen molar-refractivity contribution in [1.82, 2.24) is 25.3 Å². The van der Waals surface area contributed by atoms with E-state index < -0.39 is 0 Å². The lowest BCUT2D eigenvalue weighted by Crippen LogP contribution is -2.42. The largest absolute Gasteiger partial charge is 0.357 e. The number of likely N-dealkylation sites (N-methyl/N-ethyl adjacent to an activating group) is 1. The molecule has 0 atom stereocenters. The van der Waals surface area contributed by atoms with Gasteiger partial charge >= 0.3 is 0 Å². The second-order valence-corrected chi connectivity index (χ2v) is 6.23. The monoisotopic (exact) mass is 448 g/mol. The molecule has 138 valence electrons. The van der Waals surface area contributed by atoms with Crippen LogP contribution in [0.25, 0.3) is 0 Å². The first kappa shape index (κ1) is 21.2. The molecule has 1 aromatic heterocycles. The summed E-state index contributed by atoms with van der Waals surface area (Å²) in [6, 6.07) is 2.74. The van der Waals surface area contributed by atoms with Crippen LogP contribution in [0.5, 0.6) is 0 Å². The lowest BCUT2D eigenvalue weighted by atomic mass is 10.2. The SMILES string of the molecule is CCNC(=NCCCn1cccn1)NCCN(C)C1CCCC1.I. The van der Waals surface area contributed by atoms with Gasteiger partial charge in [0.15, 0.2) is 5.96 Å². The van der Waals surface area contributed by atoms with E-state index in [2.05, 4.69) is 39.6 Å². The molecule has 0 saturated heterocycles. The molecule has 6 nitrogen and oxygen atoms in total. The Bertz CT molecular complexity index is 442. The molecule has 24 heavy (non-hydrogen) atoms. The van der Waals surface area contributed by atoms with Gasteiger partial charge in [0, 0.05) is 51.2 Å². The quantitative estimate of drug-likeness (QED) is 0.264. The number of aryl methyl sites for hydroxylation is 1. The predicted molar refractivity (Wildman–Crippen MR) is 111 cm³/mol. The van der Waals surface area contributed by atoms with Gasteiger partial charge < -0.3 is 15.5 Å². The number of guanidine groups is 1. The van der Waals surface area contributed by atoms with Gasteiger partial charge in [0.05, 0.1) is 0 Å². The van der Waals surface area contributed by atoms with Gasteiger partial charge in [-0.25, -0.2) is 0 Å². The van der Waals surface area contributed by atoms with Crippen LogP contribution in [0.15, 0.2) is 23.5 Å². The highest BCUT2D eigenvalue weighted by atomic mass is 127. The van der Waals surface area contributed by atoms with Gasteiger partial charge in [0.2, 0.25) is 0 Å². The van der Waals surface area contributed by atoms with E-state index in [1.54, 1.807) is 0 Å². The summed E-state index contributed by atoms with van der Waals surface area (Å²) in [5.74, 6) is 0.924. The van der Waals surface area contributed by atoms with Crippen LogP contribution in [-0.4, -0.2) is 59.9 Å². The molecule has 1 aromatic rings. The topological polar surface area (TPSA) is 57.5 Å². The number of nitrogens with one attached hydrogen (secondary N) is 2. The van der Waals surface area contributed by atoms with Crippen molar-refractivity contribution in [3.8, 4) is 0 Å². The zero-order valence-electron chi connectivity index (χ0n) is 15.1. The van der Waals surface area contributed by atoms with Gasteiger partial charge in [-0.15, -0.1) is 24.0 Å². The average molecular weight is 448 g/mol. The zero-order chi connectivity index (χ0) is 16.3. The molecule has 1 aliphatic rings. The van der Waals surface area contributed by atoms with Crippen molar-refractivity contribution in [2.75, 3.05) is 33.2 Å². The molecule has 0 unspecified atom stereocenters. The maximum absolute atomic E-state index is 4.64. The van der Waals surface area contributed by atoms with Crippen LogP contribution in [-0.2, 0) is 6.54 Å². The van der Waals surface area contributed by atoms with Crippen molar-refractivity contribution < 1.29 is 0 Å². The lowest BCUT2D eigenvalue weighted by Gasteiger charge is -2.24. The normalized spacial score (nSPS) is 15.5. The van der Waals surface area contributed by atoms with Crippen molar-refractivity contribution in [1.29, 1.82) is 0 Å². The van der Waals surface area contributed by atoms with Crippen molar-refractivity contribution in [3.63, 3.8) is 0 Å². The van der Waals surface area contributed by atoms with E-state index in [-0.39, 0.29) is 24.0 Å². The predicted octanol–water partition coefficient (Wildman–Crippen LogP) is 2.32. The number of halogens is 1. The Morgan fingerprint density at radius 2 is 2.12 bits per heavy atom. The van der Waals surface area contributed by atoms with E-state index in [1.807, 2.05) is 23.1 Å². The molecule has 1 saturated carbocycles. The Labute approximate surface area is 163 Å². The second-order valence-electron chi connectivity index (χ2n) is 6.23. The van der Waals surface area contributed by atoms with E-state index in [4.69, 9.17) is 0 Å². The minimum absolute atomic E-state index is 0. The molecule has 0 spiro atoms. The number of hydrogen-bond donors (Lipinski definition) is 2. The van der Waals surface area contributed by atoms with Crippen molar-refractivity contribution in [3.05, 3.63) is 18.5 Å². The number of hydrogen-bond acceptors (Lipinski definition) is 3. The summed E-state index contributed by atoms with van der Waals surface area (Å²) in [7, 11) is 2.24. The van der Waals surface area contributed by atoms with Crippen LogP contribution in [0.1, 0.15) is 39.0 Å². The minimum atomic E-state index is 0. The molecule has 1 heterocycles. The van der Waals surface area contributed by atoms with Crippen molar-refractivity contribution in [2.45, 2.75) is 51.6 Å². The third-order valence-corrected chi connectivity index (χ3v) is 4.42. The van der Waals surface area contributed by atoms with Crippen LogP contribution in [0, 0.1) is 0 Å². The van der Waals surface area contributed by atoms with Gasteiger partial charge in [-0.05, 0) is 39.3 Å². The number of aliphatic imine (C=N–C) groups is 1. The van der Waals surface area contributed by atoms with Crippen LogP contribution in [0.4, 0.5) is 0 Å². The fourth-order valence-corrected chi connectivity index (χ4v) is 3.08. The Morgan fingerprint density at radius 1 is 1.33 bits per heavy atom. The Hall–Kier alpha value is -0.830. The molecule has 2 rings (SSSR count). The zero-order valence-corrected chi connectivity index (χ0v) is 17.4. The Morgan fingerprint density at radius 3 is 2.79 bits per heavy atom. The molecular formula is C17H33IN6. The second kappa shape index (κ2) is 12.5. The number of aromatic nitrogens is 2. The van der Waals surface area contributed by atoms with Gasteiger partial charge in [-0.3, -0.25) is 9.67 Å². The summed E-state index contributed by atoms with van der Waals surface area (Å²) in [5.41, 5.74) is 0. The average Bonchev–Trinajstić information content (AvgIpc) is 3.24. The van der Waals surface area contributed by atoms with Gasteiger partial charge in [0.25, 0.3) is 0 Å². The van der Waals surface area contributed by atoms with E-state index in [9.17, 15) is 0 Å². The summed E-state index contributed by atoms with van der Waals surface area (Å²) < 4.78 is 1.95. The molecule has 0 amide bonds. The summed E-state index contributed by atoms with van der Waals surface area (Å²) in [5, 5.41) is 11.0. The molecule has 0 aromatic carbocycles. The summed E-state index contributed by atoms with van der Waals surface area (Å²) >= 11 is 0. The Balaban J connectivity index is 0.00000288. The molecular weight excluding hydrogens is 415 g/mol. The summed E-state index contributed by atoms with van der Waals surface area (Å²) in [6.45, 7) is 6.74. The highest BCUT2D eigenvalue weighted by Gasteiger charge is 2.18.